The summed E-state index contributed by atoms with van der Waals surface area (Å²) >= 11 is 0. The van der Waals surface area contributed by atoms with Gasteiger partial charge in [0, 0.05) is 12.1 Å². The van der Waals surface area contributed by atoms with Gasteiger partial charge in [0.1, 0.15) is 11.5 Å². The molecule has 2 rings (SSSR count). The van der Waals surface area contributed by atoms with Crippen molar-refractivity contribution < 1.29 is 19.6 Å². The summed E-state index contributed by atoms with van der Waals surface area (Å²) in [4.78, 5) is 22.4. The van der Waals surface area contributed by atoms with Crippen molar-refractivity contribution in [2.45, 2.75) is 0 Å². The molecule has 0 saturated heterocycles. The van der Waals surface area contributed by atoms with Crippen LogP contribution < -0.4 is 4.74 Å². The molecule has 2 aromatic carbocycles. The zero-order chi connectivity index (χ0) is 16.1. The lowest BCUT2D eigenvalue weighted by molar-refractivity contribution is -0.385. The number of ketones is 1. The second-order valence-electron chi connectivity index (χ2n) is 4.40. The van der Waals surface area contributed by atoms with E-state index in [-0.39, 0.29) is 17.0 Å². The normalized spacial score (nSPS) is 10.6. The number of phenols is 1. The number of hydrogen-bond donors (Lipinski definition) is 1. The van der Waals surface area contributed by atoms with E-state index in [1.165, 1.54) is 43.5 Å². The van der Waals surface area contributed by atoms with E-state index in [1.807, 2.05) is 0 Å². The van der Waals surface area contributed by atoms with Gasteiger partial charge in [-0.05, 0) is 30.4 Å². The fourth-order valence-electron chi connectivity index (χ4n) is 1.90. The van der Waals surface area contributed by atoms with Gasteiger partial charge in [0.2, 0.25) is 0 Å². The summed E-state index contributed by atoms with van der Waals surface area (Å²) in [6, 6.07) is 10.4. The highest BCUT2D eigenvalue weighted by Crippen LogP contribution is 2.25. The van der Waals surface area contributed by atoms with Crippen LogP contribution in [-0.2, 0) is 0 Å². The Morgan fingerprint density at radius 1 is 1.27 bits per heavy atom. The van der Waals surface area contributed by atoms with Gasteiger partial charge in [-0.15, -0.1) is 0 Å². The fraction of sp³-hybridized carbons (Fsp3) is 0.0625. The van der Waals surface area contributed by atoms with Gasteiger partial charge in [-0.25, -0.2) is 0 Å². The summed E-state index contributed by atoms with van der Waals surface area (Å²) in [5.41, 5.74) is 0.315. The van der Waals surface area contributed by atoms with Gasteiger partial charge < -0.3 is 9.84 Å². The molecule has 0 bridgehead atoms. The standard InChI is InChI=1S/C16H13NO5/c1-22-12-7-8-13(16(19)10-12)15(18)9-6-11-4-2-3-5-14(11)17(20)21/h2-10,19H,1H3/b9-6+. The zero-order valence-corrected chi connectivity index (χ0v) is 11.7. The molecule has 2 aromatic rings. The SMILES string of the molecule is COc1ccc(C(=O)/C=C/c2ccccc2[N+](=O)[O-])c(O)c1. The first-order valence-corrected chi connectivity index (χ1v) is 6.35. The number of aromatic hydroxyl groups is 1. The molecular weight excluding hydrogens is 286 g/mol. The number of carbonyl (C=O) groups is 1. The molecule has 22 heavy (non-hydrogen) atoms. The Morgan fingerprint density at radius 2 is 2.00 bits per heavy atom. The highest BCUT2D eigenvalue weighted by Gasteiger charge is 2.12. The highest BCUT2D eigenvalue weighted by molar-refractivity contribution is 6.08. The second kappa shape index (κ2) is 6.53. The zero-order valence-electron chi connectivity index (χ0n) is 11.7. The highest BCUT2D eigenvalue weighted by atomic mass is 16.6. The van der Waals surface area contributed by atoms with Crippen LogP contribution in [0.1, 0.15) is 15.9 Å². The first-order chi connectivity index (χ1) is 10.5. The van der Waals surface area contributed by atoms with Gasteiger partial charge >= 0.3 is 0 Å². The van der Waals surface area contributed by atoms with Crippen LogP contribution in [0.15, 0.2) is 48.5 Å². The van der Waals surface area contributed by atoms with Crippen LogP contribution in [0.4, 0.5) is 5.69 Å². The van der Waals surface area contributed by atoms with Crippen LogP contribution in [0.5, 0.6) is 11.5 Å². The summed E-state index contributed by atoms with van der Waals surface area (Å²) in [6.45, 7) is 0. The number of hydrogen-bond acceptors (Lipinski definition) is 5. The molecule has 0 amide bonds. The van der Waals surface area contributed by atoms with Crippen LogP contribution in [0.2, 0.25) is 0 Å². The Labute approximate surface area is 126 Å². The van der Waals surface area contributed by atoms with E-state index < -0.39 is 10.7 Å². The second-order valence-corrected chi connectivity index (χ2v) is 4.40. The molecule has 0 fully saturated rings. The average molecular weight is 299 g/mol. The molecule has 0 spiro atoms. The van der Waals surface area contributed by atoms with Crippen molar-refractivity contribution in [2.24, 2.45) is 0 Å². The third-order valence-electron chi connectivity index (χ3n) is 3.02. The molecule has 0 unspecified atom stereocenters. The molecule has 1 N–H and O–H groups in total. The van der Waals surface area contributed by atoms with Gasteiger partial charge in [0.15, 0.2) is 5.78 Å². The van der Waals surface area contributed by atoms with E-state index >= 15 is 0 Å². The molecule has 0 saturated carbocycles. The monoisotopic (exact) mass is 299 g/mol. The van der Waals surface area contributed by atoms with Crippen LogP contribution in [-0.4, -0.2) is 22.9 Å². The molecule has 112 valence electrons. The summed E-state index contributed by atoms with van der Waals surface area (Å²) < 4.78 is 4.94. The number of phenolic OH excluding ortho intramolecular Hbond substituents is 1. The lowest BCUT2D eigenvalue weighted by atomic mass is 10.1. The van der Waals surface area contributed by atoms with Crippen LogP contribution >= 0.6 is 0 Å². The van der Waals surface area contributed by atoms with E-state index in [2.05, 4.69) is 0 Å². The minimum absolute atomic E-state index is 0.0921. The lowest BCUT2D eigenvalue weighted by Gasteiger charge is -2.04. The summed E-state index contributed by atoms with van der Waals surface area (Å²) in [6.07, 6.45) is 2.54. The number of nitro groups is 1. The van der Waals surface area contributed by atoms with Crippen molar-refractivity contribution in [1.82, 2.24) is 0 Å². The molecular formula is C16H13NO5. The van der Waals surface area contributed by atoms with Crippen molar-refractivity contribution in [1.29, 1.82) is 0 Å². The van der Waals surface area contributed by atoms with Crippen molar-refractivity contribution >= 4 is 17.5 Å². The summed E-state index contributed by atoms with van der Waals surface area (Å²) in [5.74, 6) is -0.244. The third kappa shape index (κ3) is 3.29. The maximum absolute atomic E-state index is 12.1. The van der Waals surface area contributed by atoms with Gasteiger partial charge in [-0.2, -0.15) is 0 Å². The van der Waals surface area contributed by atoms with E-state index in [9.17, 15) is 20.0 Å². The van der Waals surface area contributed by atoms with Crippen LogP contribution in [0.3, 0.4) is 0 Å². The predicted octanol–water partition coefficient (Wildman–Crippen LogP) is 3.21. The maximum atomic E-state index is 12.1. The molecule has 0 heterocycles. The number of methoxy groups -OCH3 is 1. The smallest absolute Gasteiger partial charge is 0.276 e. The minimum Gasteiger partial charge on any atom is -0.507 e. The number of para-hydroxylation sites is 1. The largest absolute Gasteiger partial charge is 0.507 e. The molecule has 0 aromatic heterocycles. The van der Waals surface area contributed by atoms with E-state index in [0.29, 0.717) is 11.3 Å². The van der Waals surface area contributed by atoms with E-state index in [0.717, 1.165) is 0 Å². The summed E-state index contributed by atoms with van der Waals surface area (Å²) in [7, 11) is 1.45. The number of ether oxygens (including phenoxy) is 1. The average Bonchev–Trinajstić information content (AvgIpc) is 2.52. The molecule has 0 radical (unpaired) electrons. The summed E-state index contributed by atoms with van der Waals surface area (Å²) in [5, 5.41) is 20.7. The Kier molecular flexibility index (Phi) is 4.53. The number of benzene rings is 2. The fourth-order valence-corrected chi connectivity index (χ4v) is 1.90. The molecule has 6 heteroatoms. The Bertz CT molecular complexity index is 752. The Hall–Kier alpha value is -3.15. The first kappa shape index (κ1) is 15.2. The Balaban J connectivity index is 2.27. The molecule has 0 atom stereocenters. The Morgan fingerprint density at radius 3 is 2.64 bits per heavy atom. The first-order valence-electron chi connectivity index (χ1n) is 6.35. The number of nitro benzene ring substituents is 1. The van der Waals surface area contributed by atoms with Crippen molar-refractivity contribution in [2.75, 3.05) is 7.11 Å². The van der Waals surface area contributed by atoms with Gasteiger partial charge in [0.05, 0.1) is 23.2 Å². The predicted molar refractivity (Wildman–Crippen MR) is 81.1 cm³/mol. The molecule has 6 nitrogen and oxygen atoms in total. The van der Waals surface area contributed by atoms with Crippen molar-refractivity contribution in [3.63, 3.8) is 0 Å². The number of allylic oxidation sites excluding steroid dienone is 1. The van der Waals surface area contributed by atoms with Gasteiger partial charge in [-0.1, -0.05) is 12.1 Å². The lowest BCUT2D eigenvalue weighted by Crippen LogP contribution is -1.96. The van der Waals surface area contributed by atoms with Crippen LogP contribution in [0, 0.1) is 10.1 Å². The molecule has 0 aliphatic carbocycles. The van der Waals surface area contributed by atoms with Crippen molar-refractivity contribution in [3.05, 3.63) is 69.8 Å². The van der Waals surface area contributed by atoms with Crippen molar-refractivity contribution in [3.8, 4) is 11.5 Å². The van der Waals surface area contributed by atoms with Crippen LogP contribution in [0.25, 0.3) is 6.08 Å². The topological polar surface area (TPSA) is 89.7 Å². The third-order valence-corrected chi connectivity index (χ3v) is 3.02. The van der Waals surface area contributed by atoms with Gasteiger partial charge in [-0.3, -0.25) is 14.9 Å². The number of rotatable bonds is 5. The van der Waals surface area contributed by atoms with Gasteiger partial charge in [0.25, 0.3) is 5.69 Å². The maximum Gasteiger partial charge on any atom is 0.276 e. The number of carbonyl (C=O) groups excluding carboxylic acids is 1. The van der Waals surface area contributed by atoms with E-state index in [1.54, 1.807) is 18.2 Å². The van der Waals surface area contributed by atoms with E-state index in [4.69, 9.17) is 4.74 Å². The molecule has 0 aliphatic rings. The molecule has 0 aliphatic heterocycles. The quantitative estimate of drug-likeness (QED) is 0.396. The number of nitrogens with zero attached hydrogens (tertiary/aromatic N) is 1. The minimum atomic E-state index is -0.519.